The Bertz CT molecular complexity index is 806. The molecule has 0 spiro atoms. The molecule has 0 aliphatic carbocycles. The first-order valence-corrected chi connectivity index (χ1v) is 23.7. The lowest BCUT2D eigenvalue weighted by Gasteiger charge is -2.25. The molecule has 0 bridgehead atoms. The van der Waals surface area contributed by atoms with Crippen LogP contribution in [0.2, 0.25) is 0 Å². The zero-order valence-corrected chi connectivity index (χ0v) is 35.1. The normalized spacial score (nSPS) is 14.7. The number of carbonyl (C=O) groups excluding carboxylic acids is 1. The quantitative estimate of drug-likeness (QED) is 0.0304. The first kappa shape index (κ1) is 51.5. The number of amides is 1. The second-order valence-corrected chi connectivity index (χ2v) is 16.9. The maximum atomic E-state index is 12.8. The van der Waals surface area contributed by atoms with Crippen molar-refractivity contribution in [1.82, 2.24) is 5.32 Å². The van der Waals surface area contributed by atoms with Gasteiger partial charge in [0.15, 0.2) is 0 Å². The Morgan fingerprint density at radius 2 is 0.923 bits per heavy atom. The molecule has 0 aromatic rings. The minimum Gasteiger partial charge on any atom is -0.393 e. The second-order valence-electron chi connectivity index (χ2n) is 15.5. The maximum Gasteiger partial charge on any atom is 0.472 e. The molecule has 0 aliphatic rings. The predicted molar refractivity (Wildman–Crippen MR) is 218 cm³/mol. The Hall–Kier alpha value is -0.540. The summed E-state index contributed by atoms with van der Waals surface area (Å²) in [5, 5.41) is 24.2. The SMILES string of the molecule is CCCCCCCCCCCCCCCCCCCC(O)CC(=O)NC(COP(=O)(O)OCCN)C(O)CCCCCCCCCCCCCCC. The monoisotopic (exact) mass is 763 g/mol. The molecule has 312 valence electrons. The van der Waals surface area contributed by atoms with Crippen LogP contribution < -0.4 is 11.1 Å². The molecule has 0 aromatic carbocycles. The average Bonchev–Trinajstić information content (AvgIpc) is 3.12. The Labute approximate surface area is 321 Å². The molecule has 52 heavy (non-hydrogen) atoms. The number of rotatable bonds is 42. The molecular weight excluding hydrogens is 675 g/mol. The van der Waals surface area contributed by atoms with E-state index < -0.39 is 32.0 Å². The van der Waals surface area contributed by atoms with Crippen molar-refractivity contribution in [3.63, 3.8) is 0 Å². The van der Waals surface area contributed by atoms with Gasteiger partial charge in [0.05, 0.1) is 37.9 Å². The molecule has 0 saturated heterocycles. The molecule has 4 atom stereocenters. The lowest BCUT2D eigenvalue weighted by atomic mass is 10.0. The number of aliphatic hydroxyl groups is 2. The summed E-state index contributed by atoms with van der Waals surface area (Å²) in [6.45, 7) is 4.06. The van der Waals surface area contributed by atoms with E-state index in [9.17, 15) is 24.5 Å². The van der Waals surface area contributed by atoms with Crippen molar-refractivity contribution in [2.24, 2.45) is 5.73 Å². The molecule has 0 radical (unpaired) electrons. The number of nitrogens with two attached hydrogens (primary N) is 1. The molecule has 0 saturated carbocycles. The van der Waals surface area contributed by atoms with Crippen LogP contribution in [0.1, 0.15) is 226 Å². The molecule has 9 nitrogen and oxygen atoms in total. The number of unbranched alkanes of at least 4 members (excludes halogenated alkanes) is 28. The molecule has 4 unspecified atom stereocenters. The lowest BCUT2D eigenvalue weighted by molar-refractivity contribution is -0.125. The molecule has 0 fully saturated rings. The van der Waals surface area contributed by atoms with Gasteiger partial charge in [0, 0.05) is 6.54 Å². The predicted octanol–water partition coefficient (Wildman–Crippen LogP) is 11.2. The molecule has 0 aliphatic heterocycles. The van der Waals surface area contributed by atoms with Gasteiger partial charge >= 0.3 is 7.82 Å². The molecule has 6 N–H and O–H groups in total. The first-order valence-electron chi connectivity index (χ1n) is 22.2. The standard InChI is InChI=1S/C42H87N2O7P/c1-3-5-7-9-11-13-15-17-18-19-20-22-23-25-27-29-31-33-39(45)37-42(47)44-40(38-51-52(48,49)50-36-35-43)41(46)34-32-30-28-26-24-21-16-14-12-10-8-6-4-2/h39-41,45-46H,3-38,43H2,1-2H3,(H,44,47)(H,48,49). The summed E-state index contributed by atoms with van der Waals surface area (Å²) in [5.74, 6) is -0.409. The van der Waals surface area contributed by atoms with Gasteiger partial charge in [-0.15, -0.1) is 0 Å². The smallest absolute Gasteiger partial charge is 0.393 e. The van der Waals surface area contributed by atoms with Crippen LogP contribution in [0.15, 0.2) is 0 Å². The van der Waals surface area contributed by atoms with Crippen LogP contribution in [-0.2, 0) is 18.4 Å². The summed E-state index contributed by atoms with van der Waals surface area (Å²) in [7, 11) is -4.37. The van der Waals surface area contributed by atoms with Gasteiger partial charge in [-0.05, 0) is 12.8 Å². The minimum atomic E-state index is -4.37. The Kier molecular flexibility index (Phi) is 38.3. The number of aliphatic hydroxyl groups excluding tert-OH is 2. The summed E-state index contributed by atoms with van der Waals surface area (Å²) in [6, 6.07) is -0.890. The van der Waals surface area contributed by atoms with E-state index in [0.717, 1.165) is 38.5 Å². The van der Waals surface area contributed by atoms with E-state index >= 15 is 0 Å². The van der Waals surface area contributed by atoms with Gasteiger partial charge < -0.3 is 26.2 Å². The van der Waals surface area contributed by atoms with E-state index in [0.29, 0.717) is 12.8 Å². The fourth-order valence-electron chi connectivity index (χ4n) is 6.89. The topological polar surface area (TPSA) is 151 Å². The van der Waals surface area contributed by atoms with E-state index in [2.05, 4.69) is 19.2 Å². The van der Waals surface area contributed by atoms with Crippen LogP contribution in [0.4, 0.5) is 0 Å². The highest BCUT2D eigenvalue weighted by atomic mass is 31.2. The van der Waals surface area contributed by atoms with Gasteiger partial charge in [-0.25, -0.2) is 4.57 Å². The number of carbonyl (C=O) groups is 1. The van der Waals surface area contributed by atoms with Crippen LogP contribution >= 0.6 is 7.82 Å². The third kappa shape index (κ3) is 36.4. The lowest BCUT2D eigenvalue weighted by Crippen LogP contribution is -2.47. The third-order valence-corrected chi connectivity index (χ3v) is 11.2. The van der Waals surface area contributed by atoms with E-state index in [1.807, 2.05) is 0 Å². The fourth-order valence-corrected chi connectivity index (χ4v) is 7.65. The summed E-state index contributed by atoms with van der Waals surface area (Å²) < 4.78 is 22.1. The molecule has 0 aromatic heterocycles. The minimum absolute atomic E-state index is 0.0626. The van der Waals surface area contributed by atoms with Gasteiger partial charge in [-0.3, -0.25) is 13.8 Å². The number of hydrogen-bond acceptors (Lipinski definition) is 7. The molecule has 0 heterocycles. The average molecular weight is 763 g/mol. The van der Waals surface area contributed by atoms with Gasteiger partial charge in [0.1, 0.15) is 0 Å². The zero-order valence-electron chi connectivity index (χ0n) is 34.2. The number of phosphoric ester groups is 1. The summed E-state index contributed by atoms with van der Waals surface area (Å²) >= 11 is 0. The largest absolute Gasteiger partial charge is 0.472 e. The highest BCUT2D eigenvalue weighted by molar-refractivity contribution is 7.47. The van der Waals surface area contributed by atoms with Crippen molar-refractivity contribution in [2.45, 2.75) is 244 Å². The molecule has 10 heteroatoms. The highest BCUT2D eigenvalue weighted by Crippen LogP contribution is 2.43. The van der Waals surface area contributed by atoms with Crippen LogP contribution in [0.25, 0.3) is 0 Å². The van der Waals surface area contributed by atoms with Crippen molar-refractivity contribution < 1.29 is 33.5 Å². The third-order valence-electron chi connectivity index (χ3n) is 10.3. The van der Waals surface area contributed by atoms with E-state index in [1.165, 1.54) is 154 Å². The van der Waals surface area contributed by atoms with Crippen molar-refractivity contribution >= 4 is 13.7 Å². The van der Waals surface area contributed by atoms with Crippen molar-refractivity contribution in [2.75, 3.05) is 19.8 Å². The Balaban J connectivity index is 4.20. The van der Waals surface area contributed by atoms with Crippen LogP contribution in [0.5, 0.6) is 0 Å². The van der Waals surface area contributed by atoms with E-state index in [-0.39, 0.29) is 26.2 Å². The zero-order chi connectivity index (χ0) is 38.4. The van der Waals surface area contributed by atoms with E-state index in [4.69, 9.17) is 14.8 Å². The highest BCUT2D eigenvalue weighted by Gasteiger charge is 2.28. The van der Waals surface area contributed by atoms with Crippen molar-refractivity contribution in [3.8, 4) is 0 Å². The number of nitrogens with one attached hydrogen (secondary N) is 1. The van der Waals surface area contributed by atoms with Gasteiger partial charge in [-0.1, -0.05) is 206 Å². The fraction of sp³-hybridized carbons (Fsp3) is 0.976. The molecular formula is C42H87N2O7P. The van der Waals surface area contributed by atoms with Crippen molar-refractivity contribution in [1.29, 1.82) is 0 Å². The summed E-state index contributed by atoms with van der Waals surface area (Å²) in [5.41, 5.74) is 5.37. The first-order chi connectivity index (χ1) is 25.3. The van der Waals surface area contributed by atoms with Crippen LogP contribution in [0.3, 0.4) is 0 Å². The molecule has 0 rings (SSSR count). The second kappa shape index (κ2) is 38.7. The van der Waals surface area contributed by atoms with Crippen molar-refractivity contribution in [3.05, 3.63) is 0 Å². The summed E-state index contributed by atoms with van der Waals surface area (Å²) in [4.78, 5) is 22.8. The van der Waals surface area contributed by atoms with Gasteiger partial charge in [0.25, 0.3) is 0 Å². The van der Waals surface area contributed by atoms with Crippen LogP contribution in [-0.4, -0.2) is 59.0 Å². The number of hydrogen-bond donors (Lipinski definition) is 5. The van der Waals surface area contributed by atoms with Gasteiger partial charge in [0.2, 0.25) is 5.91 Å². The Morgan fingerprint density at radius 1 is 0.577 bits per heavy atom. The molecule has 1 amide bonds. The maximum absolute atomic E-state index is 12.8. The van der Waals surface area contributed by atoms with Crippen LogP contribution in [0, 0.1) is 0 Å². The Morgan fingerprint density at radius 3 is 1.29 bits per heavy atom. The number of phosphoric acid groups is 1. The van der Waals surface area contributed by atoms with Gasteiger partial charge in [-0.2, -0.15) is 0 Å². The van der Waals surface area contributed by atoms with E-state index in [1.54, 1.807) is 0 Å². The summed E-state index contributed by atoms with van der Waals surface area (Å²) in [6.07, 6.45) is 37.1.